The van der Waals surface area contributed by atoms with E-state index in [1.165, 1.54) is 38.6 Å². The molecule has 0 aliphatic rings. The topological polar surface area (TPSA) is 55.3 Å². The Hall–Kier alpha value is -3.23. The molecule has 0 amide bonds. The van der Waals surface area contributed by atoms with Gasteiger partial charge in [-0.3, -0.25) is 0 Å². The molecule has 5 rings (SSSR count). The van der Waals surface area contributed by atoms with Gasteiger partial charge < -0.3 is 14.3 Å². The quantitative estimate of drug-likeness (QED) is 0.170. The van der Waals surface area contributed by atoms with Gasteiger partial charge in [0.25, 0.3) is 0 Å². The molecule has 58 heavy (non-hydrogen) atoms. The Morgan fingerprint density at radius 1 is 0.362 bits per heavy atom. The molecular formula is C54H73O3P-2. The van der Waals surface area contributed by atoms with Crippen molar-refractivity contribution in [1.29, 1.82) is 0 Å². The molecule has 0 N–H and O–H groups in total. The van der Waals surface area contributed by atoms with E-state index in [-0.39, 0.29) is 27.1 Å². The molecule has 0 bridgehead atoms. The van der Waals surface area contributed by atoms with Gasteiger partial charge in [-0.2, -0.15) is 0 Å². The van der Waals surface area contributed by atoms with E-state index in [0.29, 0.717) is 5.75 Å². The molecule has 3 nitrogen and oxygen atoms in total. The normalized spacial score (nSPS) is 13.9. The van der Waals surface area contributed by atoms with Crippen molar-refractivity contribution in [3.05, 3.63) is 99.6 Å². The minimum absolute atomic E-state index is 0.00540. The molecule has 0 saturated carbocycles. The summed E-state index contributed by atoms with van der Waals surface area (Å²) in [5, 5.41) is 4.73. The second-order valence-electron chi connectivity index (χ2n) is 24.2. The van der Waals surface area contributed by atoms with Gasteiger partial charge in [-0.25, -0.2) is 0 Å². The fraction of sp³-hybridized carbons (Fsp3) is 0.519. The van der Waals surface area contributed by atoms with Crippen LogP contribution in [-0.2, 0) is 37.9 Å². The van der Waals surface area contributed by atoms with Crippen molar-refractivity contribution < 1.29 is 14.3 Å². The number of rotatable bonds is 4. The van der Waals surface area contributed by atoms with Gasteiger partial charge in [0.15, 0.2) is 0 Å². The van der Waals surface area contributed by atoms with E-state index in [4.69, 9.17) is 4.52 Å². The summed E-state index contributed by atoms with van der Waals surface area (Å²) in [7, 11) is -3.25. The summed E-state index contributed by atoms with van der Waals surface area (Å²) in [6.07, 6.45) is 0. The Balaban J connectivity index is 2.21. The Labute approximate surface area is 354 Å². The van der Waals surface area contributed by atoms with Crippen LogP contribution in [0.25, 0.3) is 43.8 Å². The fourth-order valence-corrected chi connectivity index (χ4v) is 9.13. The number of hydrogen-bond acceptors (Lipinski definition) is 3. The summed E-state index contributed by atoms with van der Waals surface area (Å²) >= 11 is 0. The maximum Gasteiger partial charge on any atom is 0.128 e. The van der Waals surface area contributed by atoms with Crippen molar-refractivity contribution in [2.24, 2.45) is 0 Å². The molecule has 0 saturated heterocycles. The molecule has 314 valence electrons. The lowest BCUT2D eigenvalue weighted by Crippen LogP contribution is -2.29. The van der Waals surface area contributed by atoms with Crippen molar-refractivity contribution in [2.75, 3.05) is 0 Å². The van der Waals surface area contributed by atoms with Gasteiger partial charge in [0.1, 0.15) is 5.75 Å². The van der Waals surface area contributed by atoms with Gasteiger partial charge in [-0.1, -0.05) is 190 Å². The van der Waals surface area contributed by atoms with Gasteiger partial charge in [0, 0.05) is 11.1 Å². The van der Waals surface area contributed by atoms with Crippen LogP contribution < -0.4 is 14.3 Å². The smallest absolute Gasteiger partial charge is 0.128 e. The molecule has 0 aromatic heterocycles. The number of hydrogen-bond donors (Lipinski definition) is 0. The van der Waals surface area contributed by atoms with Crippen LogP contribution in [0.3, 0.4) is 0 Å². The Bertz CT molecular complexity index is 2210. The Kier molecular flexibility index (Phi) is 11.7. The summed E-state index contributed by atoms with van der Waals surface area (Å²) < 4.78 is 6.31. The molecular weight excluding hydrogens is 728 g/mol. The van der Waals surface area contributed by atoms with Crippen molar-refractivity contribution in [3.8, 4) is 28.0 Å². The van der Waals surface area contributed by atoms with Crippen molar-refractivity contribution in [1.82, 2.24) is 0 Å². The standard InChI is InChI=1S/C54H73O3P/c1-48(2,3)36-24-22-32-28-38(40(50(7,8)9)30-34(32)26-36)42-44(52(13,14)15)43(46(54(19,20)21)47(57-58(55)56)45(42)53(16,17)18)39-29-33-23-25-37(49(4,5)6)27-35(33)31-41(39)51(10,11)12/h22-31H,1-21H3/q-2. The third-order valence-electron chi connectivity index (χ3n) is 11.7. The predicted octanol–water partition coefficient (Wildman–Crippen LogP) is 14.7. The average molecular weight is 801 g/mol. The summed E-state index contributed by atoms with van der Waals surface area (Å²) in [6.45, 7) is 47.5. The molecule has 0 atom stereocenters. The second-order valence-corrected chi connectivity index (χ2v) is 24.8. The van der Waals surface area contributed by atoms with Crippen LogP contribution in [0.2, 0.25) is 0 Å². The maximum absolute atomic E-state index is 13.1. The van der Waals surface area contributed by atoms with Gasteiger partial charge in [0.05, 0.1) is 0 Å². The van der Waals surface area contributed by atoms with E-state index in [2.05, 4.69) is 206 Å². The Morgan fingerprint density at radius 2 is 0.690 bits per heavy atom. The number of fused-ring (bicyclic) bond motifs is 2. The van der Waals surface area contributed by atoms with Crippen molar-refractivity contribution in [2.45, 2.75) is 183 Å². The summed E-state index contributed by atoms with van der Waals surface area (Å²) in [6, 6.07) is 23.3. The van der Waals surface area contributed by atoms with Gasteiger partial charge in [-0.15, -0.1) is 0 Å². The summed E-state index contributed by atoms with van der Waals surface area (Å²) in [4.78, 5) is 26.3. The van der Waals surface area contributed by atoms with Crippen LogP contribution >= 0.6 is 8.60 Å². The van der Waals surface area contributed by atoms with E-state index in [1.54, 1.807) is 0 Å². The SMILES string of the molecule is CC(C)(C)c1ccc2cc(-c3c(C(C)(C)C)c(OP([O-])[O-])c(C(C)(C)C)c(-c4cc5ccc(C(C)(C)C)cc5cc4C(C)(C)C)c3C(C)(C)C)c(C(C)(C)C)cc2c1. The number of benzene rings is 5. The monoisotopic (exact) mass is 801 g/mol. The highest BCUT2D eigenvalue weighted by Crippen LogP contribution is 2.58. The summed E-state index contributed by atoms with van der Waals surface area (Å²) in [5.41, 5.74) is 10.6. The first-order valence-corrected chi connectivity index (χ1v) is 22.4. The van der Waals surface area contributed by atoms with E-state index in [9.17, 15) is 9.79 Å². The van der Waals surface area contributed by atoms with Gasteiger partial charge in [-0.05, 0) is 134 Å². The first-order valence-electron chi connectivity index (χ1n) is 21.3. The van der Waals surface area contributed by atoms with Gasteiger partial charge in [0.2, 0.25) is 0 Å². The zero-order valence-electron chi connectivity index (χ0n) is 39.9. The lowest BCUT2D eigenvalue weighted by Gasteiger charge is -2.43. The van der Waals surface area contributed by atoms with E-state index >= 15 is 0 Å². The zero-order valence-corrected chi connectivity index (χ0v) is 40.8. The third kappa shape index (κ3) is 9.08. The lowest BCUT2D eigenvalue weighted by atomic mass is 9.64. The molecule has 0 unspecified atom stereocenters. The van der Waals surface area contributed by atoms with Gasteiger partial charge >= 0.3 is 0 Å². The van der Waals surface area contributed by atoms with Crippen LogP contribution in [0.5, 0.6) is 5.75 Å². The molecule has 4 heteroatoms. The minimum atomic E-state index is -3.25. The highest BCUT2D eigenvalue weighted by atomic mass is 31.2. The molecule has 0 aliphatic carbocycles. The van der Waals surface area contributed by atoms with E-state index in [1.807, 2.05) is 0 Å². The first kappa shape index (κ1) is 45.8. The molecule has 0 aliphatic heterocycles. The van der Waals surface area contributed by atoms with E-state index < -0.39 is 19.4 Å². The predicted molar refractivity (Wildman–Crippen MR) is 251 cm³/mol. The largest absolute Gasteiger partial charge is 0.810 e. The average Bonchev–Trinajstić information content (AvgIpc) is 3.02. The van der Waals surface area contributed by atoms with Crippen molar-refractivity contribution in [3.63, 3.8) is 0 Å². The van der Waals surface area contributed by atoms with Crippen LogP contribution in [0.15, 0.2) is 60.7 Å². The molecule has 0 spiro atoms. The second kappa shape index (κ2) is 14.7. The molecule has 0 radical (unpaired) electrons. The molecule has 0 fully saturated rings. The van der Waals surface area contributed by atoms with E-state index in [0.717, 1.165) is 44.2 Å². The maximum atomic E-state index is 13.1. The van der Waals surface area contributed by atoms with Crippen LogP contribution in [0.4, 0.5) is 0 Å². The molecule has 0 heterocycles. The van der Waals surface area contributed by atoms with Crippen LogP contribution in [0, 0.1) is 0 Å². The fourth-order valence-electron chi connectivity index (χ4n) is 8.80. The van der Waals surface area contributed by atoms with Crippen molar-refractivity contribution >= 4 is 30.1 Å². The lowest BCUT2D eigenvalue weighted by molar-refractivity contribution is -0.310. The highest BCUT2D eigenvalue weighted by molar-refractivity contribution is 7.36. The van der Waals surface area contributed by atoms with Crippen LogP contribution in [0.1, 0.15) is 184 Å². The third-order valence-corrected chi connectivity index (χ3v) is 12.0. The molecule has 5 aromatic carbocycles. The minimum Gasteiger partial charge on any atom is -0.810 e. The first-order chi connectivity index (χ1) is 26.0. The highest BCUT2D eigenvalue weighted by Gasteiger charge is 2.41. The van der Waals surface area contributed by atoms with Crippen LogP contribution in [-0.4, -0.2) is 0 Å². The Morgan fingerprint density at radius 3 is 0.948 bits per heavy atom. The zero-order chi connectivity index (χ0) is 44.1. The molecule has 5 aromatic rings. The summed E-state index contributed by atoms with van der Waals surface area (Å²) in [5.74, 6) is 0.459.